The Morgan fingerprint density at radius 3 is 1.52 bits per heavy atom. The highest BCUT2D eigenvalue weighted by Crippen LogP contribution is 2.49. The molecule has 0 radical (unpaired) electrons. The van der Waals surface area contributed by atoms with Crippen molar-refractivity contribution in [3.8, 4) is 0 Å². The van der Waals surface area contributed by atoms with E-state index in [4.69, 9.17) is 0 Å². The van der Waals surface area contributed by atoms with Gasteiger partial charge in [-0.3, -0.25) is 0 Å². The molecule has 0 saturated heterocycles. The number of allylic oxidation sites excluding steroid dienone is 3. The molecule has 2 heteroatoms. The second kappa shape index (κ2) is 12.9. The third-order valence-electron chi connectivity index (χ3n) is 9.86. The molecule has 50 heavy (non-hydrogen) atoms. The number of benzene rings is 7. The molecule has 7 aromatic carbocycles. The predicted molar refractivity (Wildman–Crippen MR) is 212 cm³/mol. The summed E-state index contributed by atoms with van der Waals surface area (Å²) in [5.74, 6) is 0. The maximum Gasteiger partial charge on any atom is 0.0540 e. The fourth-order valence-corrected chi connectivity index (χ4v) is 7.54. The second-order valence-electron chi connectivity index (χ2n) is 12.9. The van der Waals surface area contributed by atoms with Gasteiger partial charge in [0.2, 0.25) is 0 Å². The van der Waals surface area contributed by atoms with E-state index in [0.29, 0.717) is 0 Å². The zero-order valence-electron chi connectivity index (χ0n) is 27.8. The van der Waals surface area contributed by atoms with E-state index in [1.807, 2.05) is 0 Å². The highest BCUT2D eigenvalue weighted by Gasteiger charge is 2.29. The predicted octanol–water partition coefficient (Wildman–Crippen LogP) is 12.7. The van der Waals surface area contributed by atoms with E-state index in [1.165, 1.54) is 66.9 Å². The molecule has 0 fully saturated rings. The second-order valence-corrected chi connectivity index (χ2v) is 12.9. The molecule has 0 unspecified atom stereocenters. The summed E-state index contributed by atoms with van der Waals surface area (Å²) < 4.78 is 0. The summed E-state index contributed by atoms with van der Waals surface area (Å²) in [6.07, 6.45) is 11.0. The third kappa shape index (κ3) is 5.41. The summed E-state index contributed by atoms with van der Waals surface area (Å²) in [5, 5.41) is 2.64. The van der Waals surface area contributed by atoms with Crippen LogP contribution in [0.25, 0.3) is 28.5 Å². The number of para-hydroxylation sites is 3. The van der Waals surface area contributed by atoms with Crippen LogP contribution in [0.1, 0.15) is 27.8 Å². The molecule has 2 aliphatic rings. The topological polar surface area (TPSA) is 6.48 Å². The minimum Gasteiger partial charge on any atom is -0.310 e. The first-order valence-corrected chi connectivity index (χ1v) is 17.4. The Balaban J connectivity index is 1.16. The highest BCUT2D eigenvalue weighted by atomic mass is 15.2. The molecule has 0 heterocycles. The van der Waals surface area contributed by atoms with E-state index >= 15 is 0 Å². The molecule has 0 saturated carbocycles. The largest absolute Gasteiger partial charge is 0.310 e. The van der Waals surface area contributed by atoms with Gasteiger partial charge in [-0.2, -0.15) is 0 Å². The van der Waals surface area contributed by atoms with Gasteiger partial charge in [0, 0.05) is 33.7 Å². The lowest BCUT2D eigenvalue weighted by Gasteiger charge is -2.35. The molecule has 0 spiro atoms. The smallest absolute Gasteiger partial charge is 0.0540 e. The molecule has 0 aromatic heterocycles. The molecule has 9 rings (SSSR count). The number of hydrogen-bond acceptors (Lipinski definition) is 2. The van der Waals surface area contributed by atoms with Gasteiger partial charge in [-0.05, 0) is 101 Å². The summed E-state index contributed by atoms with van der Waals surface area (Å²) in [6, 6.07) is 61.0. The van der Waals surface area contributed by atoms with Crippen molar-refractivity contribution in [2.24, 2.45) is 0 Å². The van der Waals surface area contributed by atoms with Crippen molar-refractivity contribution in [3.05, 3.63) is 216 Å². The van der Waals surface area contributed by atoms with Crippen LogP contribution in [0.2, 0.25) is 0 Å². The van der Waals surface area contributed by atoms with Crippen LogP contribution in [0, 0.1) is 0 Å². The maximum atomic E-state index is 2.45. The molecule has 0 bridgehead atoms. The number of anilines is 5. The zero-order chi connectivity index (χ0) is 33.3. The minimum absolute atomic E-state index is 0.887. The summed E-state index contributed by atoms with van der Waals surface area (Å²) in [6.45, 7) is 0. The minimum atomic E-state index is 0.887. The summed E-state index contributed by atoms with van der Waals surface area (Å²) in [4.78, 5) is 4.83. The molecule has 0 N–H and O–H groups in total. The fourth-order valence-electron chi connectivity index (χ4n) is 7.54. The van der Waals surface area contributed by atoms with Crippen LogP contribution < -0.4 is 9.80 Å². The van der Waals surface area contributed by atoms with Crippen LogP contribution in [0.15, 0.2) is 188 Å². The molecule has 0 atom stereocenters. The lowest BCUT2D eigenvalue weighted by Crippen LogP contribution is -2.22. The van der Waals surface area contributed by atoms with Crippen LogP contribution >= 0.6 is 0 Å². The van der Waals surface area contributed by atoms with E-state index < -0.39 is 0 Å². The van der Waals surface area contributed by atoms with Crippen molar-refractivity contribution in [1.82, 2.24) is 0 Å². The van der Waals surface area contributed by atoms with Crippen molar-refractivity contribution in [3.63, 3.8) is 0 Å². The first kappa shape index (κ1) is 29.7. The average molecular weight is 641 g/mol. The summed E-state index contributed by atoms with van der Waals surface area (Å²) >= 11 is 0. The Labute approximate surface area is 294 Å². The Kier molecular flexibility index (Phi) is 7.68. The van der Waals surface area contributed by atoms with Gasteiger partial charge in [0.1, 0.15) is 0 Å². The van der Waals surface area contributed by atoms with Crippen molar-refractivity contribution in [2.75, 3.05) is 9.80 Å². The molecular weight excluding hydrogens is 605 g/mol. The van der Waals surface area contributed by atoms with Gasteiger partial charge in [-0.15, -0.1) is 0 Å². The van der Waals surface area contributed by atoms with E-state index in [1.54, 1.807) is 0 Å². The molecule has 0 amide bonds. The van der Waals surface area contributed by atoms with Crippen LogP contribution in [-0.2, 0) is 12.8 Å². The van der Waals surface area contributed by atoms with Gasteiger partial charge in [-0.25, -0.2) is 0 Å². The monoisotopic (exact) mass is 640 g/mol. The lowest BCUT2D eigenvalue weighted by atomic mass is 9.79. The van der Waals surface area contributed by atoms with Gasteiger partial charge < -0.3 is 9.80 Å². The van der Waals surface area contributed by atoms with Crippen LogP contribution in [-0.4, -0.2) is 0 Å². The number of hydrogen-bond donors (Lipinski definition) is 0. The molecule has 2 aliphatic carbocycles. The maximum absolute atomic E-state index is 2.45. The quantitative estimate of drug-likeness (QED) is 0.153. The van der Waals surface area contributed by atoms with Crippen molar-refractivity contribution in [2.45, 2.75) is 12.8 Å². The highest BCUT2D eigenvalue weighted by molar-refractivity contribution is 6.10. The molecule has 0 aliphatic heterocycles. The summed E-state index contributed by atoms with van der Waals surface area (Å²) in [5.41, 5.74) is 14.8. The molecular formula is C48H36N2. The fraction of sp³-hybridized carbons (Fsp3) is 0.0417. The summed E-state index contributed by atoms with van der Waals surface area (Å²) in [7, 11) is 0. The zero-order valence-corrected chi connectivity index (χ0v) is 27.8. The van der Waals surface area contributed by atoms with Gasteiger partial charge in [0.25, 0.3) is 0 Å². The third-order valence-corrected chi connectivity index (χ3v) is 9.86. The van der Waals surface area contributed by atoms with Gasteiger partial charge in [0.05, 0.1) is 11.4 Å². The van der Waals surface area contributed by atoms with Crippen LogP contribution in [0.4, 0.5) is 28.4 Å². The Bertz CT molecular complexity index is 2350. The first-order valence-electron chi connectivity index (χ1n) is 17.4. The SMILES string of the molecule is C(=Cc1ccc(N(c2ccccc2)c2ccc3c4c5c(ccc24)CC=C(N(c2ccccc2)c2ccccc2)C5=CC3)cc1)c1ccccc1. The Morgan fingerprint density at radius 1 is 0.400 bits per heavy atom. The molecule has 7 aromatic rings. The average Bonchev–Trinajstić information content (AvgIpc) is 3.19. The van der Waals surface area contributed by atoms with E-state index in [-0.39, 0.29) is 0 Å². The number of nitrogens with zero attached hydrogens (tertiary/aromatic N) is 2. The van der Waals surface area contributed by atoms with Crippen molar-refractivity contribution >= 4 is 56.9 Å². The van der Waals surface area contributed by atoms with Crippen LogP contribution in [0.5, 0.6) is 0 Å². The van der Waals surface area contributed by atoms with E-state index in [2.05, 4.69) is 204 Å². The van der Waals surface area contributed by atoms with E-state index in [9.17, 15) is 0 Å². The lowest BCUT2D eigenvalue weighted by molar-refractivity contribution is 1.11. The normalized spacial score (nSPS) is 13.2. The molecule has 2 nitrogen and oxygen atoms in total. The van der Waals surface area contributed by atoms with Gasteiger partial charge in [0.15, 0.2) is 0 Å². The Morgan fingerprint density at radius 2 is 0.900 bits per heavy atom. The van der Waals surface area contributed by atoms with Crippen molar-refractivity contribution < 1.29 is 0 Å². The van der Waals surface area contributed by atoms with E-state index in [0.717, 1.165) is 24.2 Å². The number of rotatable bonds is 8. The molecule has 238 valence electrons. The standard InChI is InChI=1S/C48H36N2/c1-5-13-35(14-6-1)21-22-36-23-29-42(30-24-36)50(41-19-11-4-12-20-41)46-34-28-38-25-31-43-45(33-27-37-26-32-44(46)48(38)47(37)43)49(39-15-7-2-8-16-39)40-17-9-3-10-18-40/h1-24,26,28-34H,25,27H2. The van der Waals surface area contributed by atoms with Gasteiger partial charge >= 0.3 is 0 Å². The van der Waals surface area contributed by atoms with Gasteiger partial charge in [-0.1, -0.05) is 140 Å². The van der Waals surface area contributed by atoms with Crippen molar-refractivity contribution in [1.29, 1.82) is 0 Å². The Hall–Kier alpha value is -6.38. The van der Waals surface area contributed by atoms with Crippen LogP contribution in [0.3, 0.4) is 0 Å². The first-order chi connectivity index (χ1) is 24.8.